The molecule has 13 aromatic rings. The van der Waals surface area contributed by atoms with E-state index < -0.39 is 0 Å². The highest BCUT2D eigenvalue weighted by molar-refractivity contribution is 7.26. The molecule has 53 heavy (non-hydrogen) atoms. The summed E-state index contributed by atoms with van der Waals surface area (Å²) in [5.41, 5.74) is 8.90. The molecule has 0 amide bonds. The molecule has 0 unspecified atom stereocenters. The third-order valence-electron chi connectivity index (χ3n) is 11.4. The number of para-hydroxylation sites is 2. The number of hydrogen-bond donors (Lipinski definition) is 0. The molecular formula is C48H26N4S. The van der Waals surface area contributed by atoms with E-state index in [-0.39, 0.29) is 0 Å². The molecule has 0 spiro atoms. The summed E-state index contributed by atoms with van der Waals surface area (Å²) in [6, 6.07) is 57.1. The molecule has 0 aliphatic carbocycles. The Morgan fingerprint density at radius 1 is 0.415 bits per heavy atom. The van der Waals surface area contributed by atoms with Crippen molar-refractivity contribution in [3.63, 3.8) is 0 Å². The van der Waals surface area contributed by atoms with Gasteiger partial charge in [0.15, 0.2) is 0 Å². The van der Waals surface area contributed by atoms with Crippen LogP contribution in [-0.2, 0) is 0 Å². The average Bonchev–Trinajstić information content (AvgIpc) is 3.97. The smallest absolute Gasteiger partial charge is 0.235 e. The van der Waals surface area contributed by atoms with E-state index in [1.807, 2.05) is 0 Å². The van der Waals surface area contributed by atoms with Crippen molar-refractivity contribution in [2.75, 3.05) is 0 Å². The van der Waals surface area contributed by atoms with Gasteiger partial charge in [-0.1, -0.05) is 140 Å². The van der Waals surface area contributed by atoms with Crippen molar-refractivity contribution in [2.24, 2.45) is 0 Å². The summed E-state index contributed by atoms with van der Waals surface area (Å²) in [4.78, 5) is 11.1. The number of hydrogen-bond acceptors (Lipinski definition) is 3. The highest BCUT2D eigenvalue weighted by Gasteiger charge is 2.27. The number of fused-ring (bicyclic) bond motifs is 18. The molecule has 13 rings (SSSR count). The first-order valence-corrected chi connectivity index (χ1v) is 18.8. The lowest BCUT2D eigenvalue weighted by Gasteiger charge is -2.12. The summed E-state index contributed by atoms with van der Waals surface area (Å²) in [5.74, 6) is 0.678. The molecule has 0 saturated carbocycles. The van der Waals surface area contributed by atoms with E-state index in [1.54, 1.807) is 11.3 Å². The molecule has 0 radical (unpaired) electrons. The lowest BCUT2D eigenvalue weighted by atomic mass is 9.97. The Bertz CT molecular complexity index is 3680. The minimum absolute atomic E-state index is 0.678. The van der Waals surface area contributed by atoms with Gasteiger partial charge in [-0.3, -0.25) is 4.57 Å². The summed E-state index contributed by atoms with van der Waals surface area (Å²) in [6.45, 7) is 0. The van der Waals surface area contributed by atoms with Crippen LogP contribution in [0.4, 0.5) is 0 Å². The Morgan fingerprint density at radius 2 is 1.06 bits per heavy atom. The molecule has 0 atom stereocenters. The monoisotopic (exact) mass is 690 g/mol. The molecule has 5 heterocycles. The Morgan fingerprint density at radius 3 is 1.89 bits per heavy atom. The van der Waals surface area contributed by atoms with Crippen LogP contribution in [0.5, 0.6) is 0 Å². The van der Waals surface area contributed by atoms with Crippen LogP contribution in [0.2, 0.25) is 0 Å². The van der Waals surface area contributed by atoms with Crippen molar-refractivity contribution >= 4 is 113 Å². The normalized spacial score (nSPS) is 12.5. The number of aromatic nitrogens is 4. The Labute approximate surface area is 305 Å². The molecule has 5 aromatic heterocycles. The Kier molecular flexibility index (Phi) is 5.22. The maximum atomic E-state index is 5.56. The number of benzene rings is 8. The number of thiophene rings is 1. The van der Waals surface area contributed by atoms with Crippen molar-refractivity contribution in [1.82, 2.24) is 18.9 Å². The van der Waals surface area contributed by atoms with Crippen LogP contribution in [0.1, 0.15) is 0 Å². The van der Waals surface area contributed by atoms with Gasteiger partial charge in [0.25, 0.3) is 0 Å². The maximum absolute atomic E-state index is 5.56. The van der Waals surface area contributed by atoms with E-state index in [0.29, 0.717) is 5.95 Å². The summed E-state index contributed by atoms with van der Waals surface area (Å²) in [6.07, 6.45) is 0. The van der Waals surface area contributed by atoms with Crippen LogP contribution in [0, 0.1) is 0 Å². The van der Waals surface area contributed by atoms with E-state index in [1.165, 1.54) is 75.1 Å². The van der Waals surface area contributed by atoms with Crippen LogP contribution >= 0.6 is 11.3 Å². The van der Waals surface area contributed by atoms with Crippen molar-refractivity contribution in [2.45, 2.75) is 0 Å². The van der Waals surface area contributed by atoms with E-state index in [0.717, 1.165) is 37.9 Å². The molecular weight excluding hydrogens is 665 g/mol. The van der Waals surface area contributed by atoms with Crippen LogP contribution in [0.15, 0.2) is 158 Å². The standard InChI is InChI=1S/C48H26N4S/c1-2-14-28(15-3-1)42-47-43(33-20-9-11-24-38(33)53-47)50-48(49-42)52-36-23-10-8-19-32(36)40-30-17-6-7-18-31(30)41-35-22-12-21-34-39-29-16-5-4-13-27(29)25-26-37(39)51(44(34)35)45(41)46(40)52/h1-26H. The quantitative estimate of drug-likeness (QED) is 0.181. The van der Waals surface area contributed by atoms with E-state index in [9.17, 15) is 0 Å². The van der Waals surface area contributed by atoms with Crippen LogP contribution in [0.3, 0.4) is 0 Å². The lowest BCUT2D eigenvalue weighted by Crippen LogP contribution is -2.03. The summed E-state index contributed by atoms with van der Waals surface area (Å²) < 4.78 is 7.22. The first kappa shape index (κ1) is 27.8. The fourth-order valence-corrected chi connectivity index (χ4v) is 10.5. The molecule has 0 fully saturated rings. The van der Waals surface area contributed by atoms with Crippen molar-refractivity contribution in [1.29, 1.82) is 0 Å². The second kappa shape index (κ2) is 9.94. The zero-order valence-corrected chi connectivity index (χ0v) is 29.0. The minimum atomic E-state index is 0.678. The number of nitrogens with zero attached hydrogens (tertiary/aromatic N) is 4. The van der Waals surface area contributed by atoms with Gasteiger partial charge in [0.05, 0.1) is 43.5 Å². The number of rotatable bonds is 2. The largest absolute Gasteiger partial charge is 0.306 e. The molecule has 5 heteroatoms. The molecule has 8 aromatic carbocycles. The topological polar surface area (TPSA) is 35.1 Å². The predicted molar refractivity (Wildman–Crippen MR) is 224 cm³/mol. The van der Waals surface area contributed by atoms with Crippen LogP contribution in [-0.4, -0.2) is 18.9 Å². The molecule has 0 N–H and O–H groups in total. The Hall–Kier alpha value is -6.82. The van der Waals surface area contributed by atoms with Gasteiger partial charge in [-0.2, -0.15) is 0 Å². The Balaban J connectivity index is 1.32. The molecule has 0 saturated heterocycles. The highest BCUT2D eigenvalue weighted by atomic mass is 32.1. The summed E-state index contributed by atoms with van der Waals surface area (Å²) in [7, 11) is 0. The fraction of sp³-hybridized carbons (Fsp3) is 0. The van der Waals surface area contributed by atoms with Crippen LogP contribution < -0.4 is 0 Å². The molecule has 0 aliphatic rings. The lowest BCUT2D eigenvalue weighted by molar-refractivity contribution is 1.02. The van der Waals surface area contributed by atoms with E-state index in [2.05, 4.69) is 167 Å². The van der Waals surface area contributed by atoms with Gasteiger partial charge in [0.1, 0.15) is 0 Å². The van der Waals surface area contributed by atoms with Crippen LogP contribution in [0.25, 0.3) is 119 Å². The second-order valence-corrected chi connectivity index (χ2v) is 15.1. The molecule has 0 bridgehead atoms. The van der Waals surface area contributed by atoms with Crippen molar-refractivity contribution in [3.05, 3.63) is 158 Å². The second-order valence-electron chi connectivity index (χ2n) is 14.1. The van der Waals surface area contributed by atoms with Gasteiger partial charge in [-0.25, -0.2) is 9.97 Å². The summed E-state index contributed by atoms with van der Waals surface area (Å²) >= 11 is 1.77. The fourth-order valence-electron chi connectivity index (χ4n) is 9.34. The maximum Gasteiger partial charge on any atom is 0.235 e. The first-order valence-electron chi connectivity index (χ1n) is 18.0. The highest BCUT2D eigenvalue weighted by Crippen LogP contribution is 2.49. The van der Waals surface area contributed by atoms with Gasteiger partial charge in [0.2, 0.25) is 5.95 Å². The van der Waals surface area contributed by atoms with Gasteiger partial charge in [-0.05, 0) is 39.7 Å². The predicted octanol–water partition coefficient (Wildman–Crippen LogP) is 13.1. The zero-order chi connectivity index (χ0) is 34.4. The summed E-state index contributed by atoms with van der Waals surface area (Å²) in [5, 5.41) is 13.7. The third kappa shape index (κ3) is 3.45. The van der Waals surface area contributed by atoms with Gasteiger partial charge >= 0.3 is 0 Å². The first-order chi connectivity index (χ1) is 26.3. The zero-order valence-electron chi connectivity index (χ0n) is 28.2. The van der Waals surface area contributed by atoms with Crippen molar-refractivity contribution < 1.29 is 0 Å². The minimum Gasteiger partial charge on any atom is -0.306 e. The average molecular weight is 691 g/mol. The van der Waals surface area contributed by atoms with E-state index in [4.69, 9.17) is 9.97 Å². The van der Waals surface area contributed by atoms with E-state index >= 15 is 0 Å². The molecule has 4 nitrogen and oxygen atoms in total. The van der Waals surface area contributed by atoms with Gasteiger partial charge < -0.3 is 4.40 Å². The molecule has 0 aliphatic heterocycles. The SMILES string of the molecule is c1ccc(-c2nc(-n3c4ccccc4c4c5ccccc5c5c6cccc7c8c9ccccc9ccc8n(c76)c5c43)nc3c2sc2ccccc23)cc1. The van der Waals surface area contributed by atoms with Crippen molar-refractivity contribution in [3.8, 4) is 17.2 Å². The van der Waals surface area contributed by atoms with Gasteiger partial charge in [-0.15, -0.1) is 11.3 Å². The molecule has 244 valence electrons. The third-order valence-corrected chi connectivity index (χ3v) is 12.6. The van der Waals surface area contributed by atoms with Gasteiger partial charge in [0, 0.05) is 48.0 Å².